The first-order valence-corrected chi connectivity index (χ1v) is 4.02. The predicted octanol–water partition coefficient (Wildman–Crippen LogP) is 0.705. The van der Waals surface area contributed by atoms with Crippen LogP contribution in [0.15, 0.2) is 30.3 Å². The number of Topliss-reactive ketones (excluding diaryl/α,β-unsaturated/α-hetero) is 1. The number of hydrogen-bond donors (Lipinski definition) is 2. The quantitative estimate of drug-likeness (QED) is 0.548. The van der Waals surface area contributed by atoms with Gasteiger partial charge in [0.25, 0.3) is 0 Å². The largest absolute Gasteiger partial charge is 0.479 e. The third-order valence-corrected chi connectivity index (χ3v) is 1.89. The van der Waals surface area contributed by atoms with E-state index in [1.165, 1.54) is 12.1 Å². The summed E-state index contributed by atoms with van der Waals surface area (Å²) in [5.74, 6) is -2.36. The second-order valence-corrected chi connectivity index (χ2v) is 3.07. The Labute approximate surface area is 80.8 Å². The van der Waals surface area contributed by atoms with Gasteiger partial charge in [0.05, 0.1) is 0 Å². The number of hydrogen-bond acceptors (Lipinski definition) is 3. The lowest BCUT2D eigenvalue weighted by molar-refractivity contribution is -0.151. The molecule has 0 amide bonds. The van der Waals surface area contributed by atoms with Gasteiger partial charge in [0.2, 0.25) is 11.4 Å². The van der Waals surface area contributed by atoms with E-state index in [1.54, 1.807) is 18.2 Å². The number of rotatable bonds is 3. The predicted molar refractivity (Wildman–Crippen MR) is 49.0 cm³/mol. The Morgan fingerprint density at radius 2 is 1.71 bits per heavy atom. The summed E-state index contributed by atoms with van der Waals surface area (Å²) in [7, 11) is 0. The van der Waals surface area contributed by atoms with Crippen molar-refractivity contribution in [1.82, 2.24) is 0 Å². The average molecular weight is 194 g/mol. The molecule has 1 atom stereocenters. The molecule has 1 rings (SSSR count). The van der Waals surface area contributed by atoms with Crippen LogP contribution in [0.3, 0.4) is 0 Å². The van der Waals surface area contributed by atoms with Gasteiger partial charge in [-0.3, -0.25) is 4.79 Å². The molecule has 1 aromatic carbocycles. The van der Waals surface area contributed by atoms with E-state index in [-0.39, 0.29) is 5.56 Å². The maximum Gasteiger partial charge on any atom is 0.343 e. The van der Waals surface area contributed by atoms with Crippen LogP contribution >= 0.6 is 0 Å². The number of aliphatic carboxylic acids is 1. The minimum Gasteiger partial charge on any atom is -0.479 e. The molecule has 0 spiro atoms. The highest BCUT2D eigenvalue weighted by Gasteiger charge is 2.39. The Kier molecular flexibility index (Phi) is 2.67. The summed E-state index contributed by atoms with van der Waals surface area (Å²) in [4.78, 5) is 22.0. The first-order valence-electron chi connectivity index (χ1n) is 4.02. The van der Waals surface area contributed by atoms with Crippen LogP contribution in [0.4, 0.5) is 0 Å². The van der Waals surface area contributed by atoms with Crippen molar-refractivity contribution < 1.29 is 19.8 Å². The first-order chi connectivity index (χ1) is 6.46. The standard InChI is InChI=1S/C10H10O4/c1-10(14,9(12)13)8(11)7-5-3-2-4-6-7/h2-6,14H,1H3,(H,12,13)/t10-/m0/s1. The Morgan fingerprint density at radius 1 is 1.21 bits per heavy atom. The van der Waals surface area contributed by atoms with Crippen LogP contribution in [0.25, 0.3) is 0 Å². The molecule has 0 aromatic heterocycles. The van der Waals surface area contributed by atoms with Crippen LogP contribution in [0.2, 0.25) is 0 Å². The zero-order valence-electron chi connectivity index (χ0n) is 7.60. The van der Waals surface area contributed by atoms with Crippen LogP contribution in [0.5, 0.6) is 0 Å². The SMILES string of the molecule is C[C@@](O)(C(=O)O)C(=O)c1ccccc1. The van der Waals surface area contributed by atoms with Gasteiger partial charge in [-0.15, -0.1) is 0 Å². The Bertz CT molecular complexity index is 354. The van der Waals surface area contributed by atoms with Crippen molar-refractivity contribution in [2.45, 2.75) is 12.5 Å². The molecule has 0 aliphatic carbocycles. The lowest BCUT2D eigenvalue weighted by Gasteiger charge is -2.15. The fourth-order valence-electron chi connectivity index (χ4n) is 0.968. The molecule has 2 N–H and O–H groups in total. The summed E-state index contributed by atoms with van der Waals surface area (Å²) in [6, 6.07) is 7.82. The van der Waals surface area contributed by atoms with Crippen molar-refractivity contribution >= 4 is 11.8 Å². The molecule has 0 saturated carbocycles. The molecular weight excluding hydrogens is 184 g/mol. The summed E-state index contributed by atoms with van der Waals surface area (Å²) in [6.07, 6.45) is 0. The lowest BCUT2D eigenvalue weighted by Crippen LogP contribution is -2.43. The maximum absolute atomic E-state index is 11.5. The summed E-state index contributed by atoms with van der Waals surface area (Å²) in [5.41, 5.74) is -2.18. The van der Waals surface area contributed by atoms with Crippen LogP contribution in [0.1, 0.15) is 17.3 Å². The molecule has 0 aliphatic rings. The number of carboxylic acids is 1. The monoisotopic (exact) mass is 194 g/mol. The smallest absolute Gasteiger partial charge is 0.343 e. The fraction of sp³-hybridized carbons (Fsp3) is 0.200. The Hall–Kier alpha value is -1.68. The highest BCUT2D eigenvalue weighted by Crippen LogP contribution is 2.13. The van der Waals surface area contributed by atoms with Gasteiger partial charge >= 0.3 is 5.97 Å². The molecule has 14 heavy (non-hydrogen) atoms. The van der Waals surface area contributed by atoms with Gasteiger partial charge < -0.3 is 10.2 Å². The number of aliphatic hydroxyl groups is 1. The molecule has 4 heteroatoms. The topological polar surface area (TPSA) is 74.6 Å². The van der Waals surface area contributed by atoms with E-state index in [2.05, 4.69) is 0 Å². The van der Waals surface area contributed by atoms with Crippen molar-refractivity contribution in [3.63, 3.8) is 0 Å². The van der Waals surface area contributed by atoms with E-state index in [0.29, 0.717) is 0 Å². The molecule has 0 radical (unpaired) electrons. The van der Waals surface area contributed by atoms with Crippen molar-refractivity contribution in [2.75, 3.05) is 0 Å². The number of carbonyl (C=O) groups is 2. The fourth-order valence-corrected chi connectivity index (χ4v) is 0.968. The number of benzene rings is 1. The van der Waals surface area contributed by atoms with Crippen LogP contribution in [-0.2, 0) is 4.79 Å². The number of carbonyl (C=O) groups excluding carboxylic acids is 1. The molecule has 0 saturated heterocycles. The van der Waals surface area contributed by atoms with Crippen molar-refractivity contribution in [1.29, 1.82) is 0 Å². The van der Waals surface area contributed by atoms with Gasteiger partial charge in [0.15, 0.2) is 0 Å². The molecular formula is C10H10O4. The minimum atomic E-state index is -2.36. The second-order valence-electron chi connectivity index (χ2n) is 3.07. The van der Waals surface area contributed by atoms with Gasteiger partial charge in [0, 0.05) is 5.56 Å². The average Bonchev–Trinajstić information content (AvgIpc) is 2.17. The molecule has 0 heterocycles. The second kappa shape index (κ2) is 3.59. The van der Waals surface area contributed by atoms with Crippen molar-refractivity contribution in [3.05, 3.63) is 35.9 Å². The highest BCUT2D eigenvalue weighted by atomic mass is 16.4. The summed E-state index contributed by atoms with van der Waals surface area (Å²) in [5, 5.41) is 18.0. The van der Waals surface area contributed by atoms with Crippen molar-refractivity contribution in [3.8, 4) is 0 Å². The van der Waals surface area contributed by atoms with E-state index in [9.17, 15) is 14.7 Å². The van der Waals surface area contributed by atoms with Crippen LogP contribution in [0, 0.1) is 0 Å². The summed E-state index contributed by atoms with van der Waals surface area (Å²) < 4.78 is 0. The van der Waals surface area contributed by atoms with Crippen molar-refractivity contribution in [2.24, 2.45) is 0 Å². The molecule has 0 aliphatic heterocycles. The van der Waals surface area contributed by atoms with Gasteiger partial charge in [-0.1, -0.05) is 30.3 Å². The molecule has 74 valence electrons. The molecule has 0 bridgehead atoms. The lowest BCUT2D eigenvalue weighted by atomic mass is 9.95. The minimum absolute atomic E-state index is 0.180. The van der Waals surface area contributed by atoms with Crippen LogP contribution < -0.4 is 0 Å². The molecule has 1 aromatic rings. The molecule has 4 nitrogen and oxygen atoms in total. The maximum atomic E-state index is 11.5. The van der Waals surface area contributed by atoms with E-state index in [1.807, 2.05) is 0 Å². The van der Waals surface area contributed by atoms with Gasteiger partial charge in [-0.05, 0) is 6.92 Å². The van der Waals surface area contributed by atoms with Gasteiger partial charge in [-0.2, -0.15) is 0 Å². The third-order valence-electron chi connectivity index (χ3n) is 1.89. The first kappa shape index (κ1) is 10.4. The number of carboxylic acid groups (broad SMARTS) is 1. The summed E-state index contributed by atoms with van der Waals surface area (Å²) >= 11 is 0. The summed E-state index contributed by atoms with van der Waals surface area (Å²) in [6.45, 7) is 0.963. The van der Waals surface area contributed by atoms with Crippen LogP contribution in [-0.4, -0.2) is 27.6 Å². The van der Waals surface area contributed by atoms with E-state index in [0.717, 1.165) is 6.92 Å². The van der Waals surface area contributed by atoms with E-state index in [4.69, 9.17) is 5.11 Å². The van der Waals surface area contributed by atoms with E-state index >= 15 is 0 Å². The Morgan fingerprint density at radius 3 is 2.14 bits per heavy atom. The molecule has 0 fully saturated rings. The Balaban J connectivity index is 3.03. The van der Waals surface area contributed by atoms with Gasteiger partial charge in [-0.25, -0.2) is 4.79 Å². The zero-order valence-corrected chi connectivity index (χ0v) is 7.60. The normalized spacial score (nSPS) is 14.4. The van der Waals surface area contributed by atoms with E-state index < -0.39 is 17.4 Å². The molecule has 0 unspecified atom stereocenters. The highest BCUT2D eigenvalue weighted by molar-refractivity contribution is 6.14. The third kappa shape index (κ3) is 1.80. The number of ketones is 1. The van der Waals surface area contributed by atoms with Gasteiger partial charge in [0.1, 0.15) is 0 Å². The zero-order chi connectivity index (χ0) is 10.8.